The van der Waals surface area contributed by atoms with Crippen LogP contribution in [0.2, 0.25) is 5.15 Å². The molecule has 0 fully saturated rings. The van der Waals surface area contributed by atoms with Crippen LogP contribution in [0.15, 0.2) is 42.5 Å². The molecule has 0 saturated carbocycles. The second-order valence-electron chi connectivity index (χ2n) is 4.08. The van der Waals surface area contributed by atoms with Gasteiger partial charge in [-0.1, -0.05) is 64.6 Å². The lowest BCUT2D eigenvalue weighted by molar-refractivity contribution is 0.0986. The first-order valence-electron chi connectivity index (χ1n) is 5.68. The highest BCUT2D eigenvalue weighted by molar-refractivity contribution is 6.66. The molecule has 0 aliphatic heterocycles. The van der Waals surface area contributed by atoms with Crippen LogP contribution in [-0.2, 0) is 3.79 Å². The number of aromatic nitrogens is 1. The first kappa shape index (κ1) is 16.3. The van der Waals surface area contributed by atoms with E-state index >= 15 is 0 Å². The van der Waals surface area contributed by atoms with Gasteiger partial charge in [-0.15, -0.1) is 0 Å². The minimum Gasteiger partial charge on any atom is -0.267 e. The third-order valence-corrected chi connectivity index (χ3v) is 3.44. The summed E-state index contributed by atoms with van der Waals surface area (Å²) in [5.74, 6) is 5.41. The summed E-state index contributed by atoms with van der Waals surface area (Å²) in [7, 11) is 0. The number of carbonyl (C=O) groups excluding carboxylic acids is 1. The van der Waals surface area contributed by atoms with Gasteiger partial charge in [0.25, 0.3) is 5.91 Å². The lowest BCUT2D eigenvalue weighted by atomic mass is 10.2. The van der Waals surface area contributed by atoms with Gasteiger partial charge in [0.15, 0.2) is 5.82 Å². The molecule has 0 atom stereocenters. The van der Waals surface area contributed by atoms with Crippen molar-refractivity contribution in [3.05, 3.63) is 58.7 Å². The number of hydrogen-bond acceptors (Lipinski definition) is 3. The summed E-state index contributed by atoms with van der Waals surface area (Å²) in [5.41, 5.74) is 0.663. The van der Waals surface area contributed by atoms with Gasteiger partial charge >= 0.3 is 0 Å². The van der Waals surface area contributed by atoms with Crippen molar-refractivity contribution in [1.82, 2.24) is 4.98 Å². The highest BCUT2D eigenvalue weighted by Gasteiger charge is 2.26. The van der Waals surface area contributed by atoms with E-state index in [1.165, 1.54) is 12.1 Å². The summed E-state index contributed by atoms with van der Waals surface area (Å²) in [6, 6.07) is 11.3. The molecule has 2 N–H and O–H groups in total. The molecule has 0 spiro atoms. The number of halogens is 4. The first-order valence-corrected chi connectivity index (χ1v) is 7.19. The van der Waals surface area contributed by atoms with Crippen LogP contribution in [0, 0.1) is 0 Å². The average Bonchev–Trinajstić information content (AvgIpc) is 2.45. The number of benzene rings is 1. The van der Waals surface area contributed by atoms with Crippen molar-refractivity contribution < 1.29 is 4.79 Å². The van der Waals surface area contributed by atoms with E-state index in [1.54, 1.807) is 30.3 Å². The fraction of sp³-hybridized carbons (Fsp3) is 0.0769. The van der Waals surface area contributed by atoms with E-state index in [1.807, 2.05) is 0 Å². The van der Waals surface area contributed by atoms with Gasteiger partial charge in [0.05, 0.1) is 0 Å². The van der Waals surface area contributed by atoms with Gasteiger partial charge in [-0.3, -0.25) is 4.79 Å². The van der Waals surface area contributed by atoms with E-state index < -0.39 is 9.70 Å². The summed E-state index contributed by atoms with van der Waals surface area (Å²) < 4.78 is -1.70. The van der Waals surface area contributed by atoms with Gasteiger partial charge < -0.3 is 0 Å². The number of carbonyl (C=O) groups is 1. The highest BCUT2D eigenvalue weighted by atomic mass is 35.6. The zero-order valence-corrected chi connectivity index (χ0v) is 13.5. The monoisotopic (exact) mass is 363 g/mol. The van der Waals surface area contributed by atoms with E-state index in [4.69, 9.17) is 52.2 Å². The number of anilines is 1. The smallest absolute Gasteiger partial charge is 0.267 e. The number of amides is 1. The number of alkyl halides is 3. The molecule has 1 heterocycles. The van der Waals surface area contributed by atoms with E-state index in [0.29, 0.717) is 5.56 Å². The summed E-state index contributed by atoms with van der Waals surface area (Å²) in [4.78, 5) is 16.2. The largest absolute Gasteiger partial charge is 0.273 e. The zero-order chi connectivity index (χ0) is 15.6. The molecule has 110 valence electrons. The second kappa shape index (κ2) is 6.38. The van der Waals surface area contributed by atoms with Crippen molar-refractivity contribution >= 4 is 58.1 Å². The maximum absolute atomic E-state index is 12.2. The average molecular weight is 365 g/mol. The van der Waals surface area contributed by atoms with E-state index in [9.17, 15) is 4.79 Å². The van der Waals surface area contributed by atoms with E-state index in [2.05, 4.69) is 4.98 Å². The molecule has 21 heavy (non-hydrogen) atoms. The molecule has 0 aliphatic carbocycles. The Bertz CT molecular complexity index is 658. The number of rotatable bonds is 2. The fourth-order valence-electron chi connectivity index (χ4n) is 1.59. The minimum absolute atomic E-state index is 0.0603. The van der Waals surface area contributed by atoms with Gasteiger partial charge in [0.1, 0.15) is 5.15 Å². The zero-order valence-electron chi connectivity index (χ0n) is 10.4. The highest BCUT2D eigenvalue weighted by Crippen LogP contribution is 2.39. The van der Waals surface area contributed by atoms with E-state index in [-0.39, 0.29) is 16.5 Å². The molecule has 1 aromatic heterocycles. The van der Waals surface area contributed by atoms with Gasteiger partial charge in [0.2, 0.25) is 3.79 Å². The quantitative estimate of drug-likeness (QED) is 0.287. The molecule has 0 saturated heterocycles. The molecule has 0 bridgehead atoms. The molecule has 1 aromatic carbocycles. The SMILES string of the molecule is NN(C(=O)c1ccccc1)c1cc(C(Cl)(Cl)Cl)cc(Cl)n1. The topological polar surface area (TPSA) is 59.2 Å². The molecule has 1 amide bonds. The number of nitrogens with two attached hydrogens (primary N) is 1. The van der Waals surface area contributed by atoms with Gasteiger partial charge in [-0.2, -0.15) is 0 Å². The molecule has 0 unspecified atom stereocenters. The van der Waals surface area contributed by atoms with Crippen molar-refractivity contribution in [1.29, 1.82) is 0 Å². The maximum Gasteiger partial charge on any atom is 0.273 e. The fourth-order valence-corrected chi connectivity index (χ4v) is 2.13. The van der Waals surface area contributed by atoms with Crippen LogP contribution < -0.4 is 10.9 Å². The predicted molar refractivity (Wildman–Crippen MR) is 85.9 cm³/mol. The Morgan fingerprint density at radius 2 is 1.76 bits per heavy atom. The Hall–Kier alpha value is -1.04. The molecule has 4 nitrogen and oxygen atoms in total. The van der Waals surface area contributed by atoms with E-state index in [0.717, 1.165) is 5.01 Å². The molecule has 2 rings (SSSR count). The Morgan fingerprint density at radius 3 is 2.33 bits per heavy atom. The predicted octanol–water partition coefficient (Wildman–Crippen LogP) is 4.08. The van der Waals surface area contributed by atoms with Gasteiger partial charge in [0, 0.05) is 11.1 Å². The number of hydrazine groups is 1. The van der Waals surface area contributed by atoms with Crippen molar-refractivity contribution in [2.24, 2.45) is 5.84 Å². The molecule has 0 aliphatic rings. The molecular formula is C13H9Cl4N3O. The van der Waals surface area contributed by atoms with Crippen molar-refractivity contribution in [3.63, 3.8) is 0 Å². The van der Waals surface area contributed by atoms with Crippen LogP contribution in [0.1, 0.15) is 15.9 Å². The summed E-state index contributed by atoms with van der Waals surface area (Å²) in [5, 5.41) is 0.909. The van der Waals surface area contributed by atoms with Crippen LogP contribution in [0.3, 0.4) is 0 Å². The second-order valence-corrected chi connectivity index (χ2v) is 6.74. The normalized spacial score (nSPS) is 11.3. The molecule has 0 radical (unpaired) electrons. The Morgan fingerprint density at radius 1 is 1.14 bits per heavy atom. The third kappa shape index (κ3) is 3.99. The minimum atomic E-state index is -1.70. The number of pyridine rings is 1. The van der Waals surface area contributed by atoms with Gasteiger partial charge in [-0.05, 0) is 24.3 Å². The molecular weight excluding hydrogens is 356 g/mol. The van der Waals surface area contributed by atoms with Crippen LogP contribution in [0.25, 0.3) is 0 Å². The van der Waals surface area contributed by atoms with Crippen molar-refractivity contribution in [3.8, 4) is 0 Å². The maximum atomic E-state index is 12.2. The molecule has 2 aromatic rings. The van der Waals surface area contributed by atoms with Gasteiger partial charge in [-0.25, -0.2) is 15.8 Å². The standard InChI is InChI=1S/C13H9Cl4N3O/c14-10-6-9(13(15,16)17)7-11(19-10)20(18)12(21)8-4-2-1-3-5-8/h1-7H,18H2. The lowest BCUT2D eigenvalue weighted by Crippen LogP contribution is -2.38. The summed E-state index contributed by atoms with van der Waals surface area (Å²) in [6.45, 7) is 0. The Balaban J connectivity index is 2.38. The summed E-state index contributed by atoms with van der Waals surface area (Å²) in [6.07, 6.45) is 0. The van der Waals surface area contributed by atoms with Crippen LogP contribution in [0.5, 0.6) is 0 Å². The van der Waals surface area contributed by atoms with Crippen molar-refractivity contribution in [2.45, 2.75) is 3.79 Å². The Kier molecular flexibility index (Phi) is 4.96. The Labute approximate surface area is 141 Å². The van der Waals surface area contributed by atoms with Crippen LogP contribution >= 0.6 is 46.4 Å². The first-order chi connectivity index (χ1) is 9.79. The molecule has 8 heteroatoms. The van der Waals surface area contributed by atoms with Crippen LogP contribution in [0.4, 0.5) is 5.82 Å². The number of hydrogen-bond donors (Lipinski definition) is 1. The third-order valence-electron chi connectivity index (χ3n) is 2.59. The summed E-state index contributed by atoms with van der Waals surface area (Å²) >= 11 is 23.3. The van der Waals surface area contributed by atoms with Crippen LogP contribution in [-0.4, -0.2) is 10.9 Å². The number of nitrogens with zero attached hydrogens (tertiary/aromatic N) is 2. The van der Waals surface area contributed by atoms with Crippen molar-refractivity contribution in [2.75, 3.05) is 5.01 Å². The lowest BCUT2D eigenvalue weighted by Gasteiger charge is -2.19.